The zero-order valence-electron chi connectivity index (χ0n) is 26.5. The van der Waals surface area contributed by atoms with E-state index in [1.54, 1.807) is 54.4 Å². The van der Waals surface area contributed by atoms with Crippen LogP contribution in [0.15, 0.2) is 103 Å². The summed E-state index contributed by atoms with van der Waals surface area (Å²) in [5.41, 5.74) is 4.56. The van der Waals surface area contributed by atoms with Crippen LogP contribution in [-0.4, -0.2) is 47.7 Å². The van der Waals surface area contributed by atoms with Crippen molar-refractivity contribution in [3.63, 3.8) is 0 Å². The number of benzene rings is 4. The van der Waals surface area contributed by atoms with E-state index in [0.29, 0.717) is 28.4 Å². The molecule has 0 bridgehead atoms. The summed E-state index contributed by atoms with van der Waals surface area (Å²) < 4.78 is 6.15. The Labute approximate surface area is 289 Å². The zero-order valence-corrected chi connectivity index (χ0v) is 28.0. The predicted molar refractivity (Wildman–Crippen MR) is 190 cm³/mol. The van der Waals surface area contributed by atoms with Gasteiger partial charge < -0.3 is 20.3 Å². The van der Waals surface area contributed by atoms with E-state index in [1.807, 2.05) is 67.6 Å². The first-order valence-electron chi connectivity index (χ1n) is 15.3. The molecular formula is C38H34Cl2N4O4. The molecule has 0 saturated carbocycles. The van der Waals surface area contributed by atoms with E-state index in [-0.39, 0.29) is 48.0 Å². The molecule has 3 amide bonds. The third kappa shape index (κ3) is 8.59. The number of fused-ring (bicyclic) bond motifs is 1. The number of amides is 3. The van der Waals surface area contributed by atoms with Gasteiger partial charge in [-0.25, -0.2) is 4.98 Å². The number of aryl methyl sites for hydroxylation is 1. The van der Waals surface area contributed by atoms with E-state index in [2.05, 4.69) is 15.6 Å². The summed E-state index contributed by atoms with van der Waals surface area (Å²) in [5, 5.41) is 6.93. The summed E-state index contributed by atoms with van der Waals surface area (Å²) >= 11 is 13.4. The fraction of sp³-hybridized carbons (Fsp3) is 0.158. The van der Waals surface area contributed by atoms with Gasteiger partial charge in [0.05, 0.1) is 10.6 Å². The average Bonchev–Trinajstić information content (AvgIpc) is 3.10. The Morgan fingerprint density at radius 3 is 2.42 bits per heavy atom. The van der Waals surface area contributed by atoms with Crippen LogP contribution < -0.4 is 15.4 Å². The summed E-state index contributed by atoms with van der Waals surface area (Å²) in [7, 11) is 1.57. The Hall–Kier alpha value is -5.18. The fourth-order valence-electron chi connectivity index (χ4n) is 5.04. The number of halogens is 2. The van der Waals surface area contributed by atoms with E-state index in [0.717, 1.165) is 27.7 Å². The molecule has 0 aliphatic heterocycles. The van der Waals surface area contributed by atoms with Gasteiger partial charge in [0.25, 0.3) is 11.8 Å². The van der Waals surface area contributed by atoms with Crippen LogP contribution in [0.1, 0.15) is 43.1 Å². The third-order valence-electron chi connectivity index (χ3n) is 7.62. The van der Waals surface area contributed by atoms with E-state index in [1.165, 1.54) is 6.08 Å². The van der Waals surface area contributed by atoms with Crippen molar-refractivity contribution in [3.8, 4) is 5.75 Å². The van der Waals surface area contributed by atoms with Crippen molar-refractivity contribution in [1.29, 1.82) is 0 Å². The van der Waals surface area contributed by atoms with Crippen molar-refractivity contribution < 1.29 is 19.1 Å². The molecule has 0 radical (unpaired) electrons. The third-order valence-corrected chi connectivity index (χ3v) is 8.41. The maximum atomic E-state index is 14.0. The van der Waals surface area contributed by atoms with Gasteiger partial charge in [-0.05, 0) is 60.5 Å². The lowest BCUT2D eigenvalue weighted by Gasteiger charge is -2.24. The molecule has 10 heteroatoms. The van der Waals surface area contributed by atoms with Crippen LogP contribution >= 0.6 is 23.2 Å². The molecule has 1 heterocycles. The number of aromatic nitrogens is 1. The van der Waals surface area contributed by atoms with E-state index >= 15 is 0 Å². The Morgan fingerprint density at radius 2 is 1.67 bits per heavy atom. The van der Waals surface area contributed by atoms with Crippen LogP contribution in [0.5, 0.6) is 5.75 Å². The number of pyridine rings is 1. The fourth-order valence-corrected chi connectivity index (χ4v) is 5.60. The molecule has 0 spiro atoms. The number of hydrogen-bond acceptors (Lipinski definition) is 5. The lowest BCUT2D eigenvalue weighted by molar-refractivity contribution is -0.116. The quantitative estimate of drug-likeness (QED) is 0.135. The first-order chi connectivity index (χ1) is 23.2. The minimum absolute atomic E-state index is 0.0309. The molecule has 0 aliphatic carbocycles. The maximum absolute atomic E-state index is 14.0. The van der Waals surface area contributed by atoms with Crippen LogP contribution in [0.25, 0.3) is 17.0 Å². The Kier molecular flexibility index (Phi) is 11.4. The number of carbonyl (C=O) groups is 3. The lowest BCUT2D eigenvalue weighted by Crippen LogP contribution is -2.38. The molecule has 2 N–H and O–H groups in total. The molecule has 8 nitrogen and oxygen atoms in total. The number of para-hydroxylation sites is 1. The number of ether oxygens (including phenoxy) is 1. The molecule has 5 rings (SSSR count). The molecule has 0 fully saturated rings. The standard InChI is InChI=1S/C38H34Cl2N4O4/c1-25-11-15-28-9-6-10-33(36(28)43-25)48-24-31-32(39)19-18-30(35(31)40)38(47)44(23-27-7-4-3-5-8-27)22-21-42-34(45)20-14-26-12-16-29(17-13-26)37(46)41-2/h3-20H,21-24H2,1-2H3,(H,41,46)(H,42,45)/b20-14+. The molecule has 0 saturated heterocycles. The van der Waals surface area contributed by atoms with Gasteiger partial charge >= 0.3 is 0 Å². The number of rotatable bonds is 12. The van der Waals surface area contributed by atoms with Crippen LogP contribution in [0.2, 0.25) is 10.0 Å². The number of nitrogens with zero attached hydrogens (tertiary/aromatic N) is 2. The van der Waals surface area contributed by atoms with Gasteiger partial charge in [-0.1, -0.05) is 83.9 Å². The second kappa shape index (κ2) is 16.1. The largest absolute Gasteiger partial charge is 0.487 e. The first kappa shape index (κ1) is 34.2. The molecule has 0 unspecified atom stereocenters. The van der Waals surface area contributed by atoms with Crippen LogP contribution in [0.3, 0.4) is 0 Å². The summed E-state index contributed by atoms with van der Waals surface area (Å²) in [4.78, 5) is 44.6. The van der Waals surface area contributed by atoms with E-state index in [9.17, 15) is 14.4 Å². The molecule has 0 aliphatic rings. The number of nitrogens with one attached hydrogen (secondary N) is 2. The average molecular weight is 682 g/mol. The van der Waals surface area contributed by atoms with Gasteiger partial charge in [0.2, 0.25) is 5.91 Å². The van der Waals surface area contributed by atoms with Crippen molar-refractivity contribution >= 4 is 57.9 Å². The summed E-state index contributed by atoms with van der Waals surface area (Å²) in [5.74, 6) is -0.239. The molecule has 4 aromatic carbocycles. The first-order valence-corrected chi connectivity index (χ1v) is 16.1. The maximum Gasteiger partial charge on any atom is 0.255 e. The van der Waals surface area contributed by atoms with E-state index < -0.39 is 0 Å². The van der Waals surface area contributed by atoms with Gasteiger partial charge in [-0.2, -0.15) is 0 Å². The highest BCUT2D eigenvalue weighted by atomic mass is 35.5. The SMILES string of the molecule is CNC(=O)c1ccc(/C=C/C(=O)NCCN(Cc2ccccc2)C(=O)c2ccc(Cl)c(COc3cccc4ccc(C)nc34)c2Cl)cc1. The lowest BCUT2D eigenvalue weighted by atomic mass is 10.1. The van der Waals surface area contributed by atoms with Crippen LogP contribution in [0, 0.1) is 6.92 Å². The van der Waals surface area contributed by atoms with Gasteiger partial charge in [0, 0.05) is 60.0 Å². The molecule has 1 aromatic heterocycles. The Balaban J connectivity index is 1.29. The van der Waals surface area contributed by atoms with Gasteiger partial charge in [0.15, 0.2) is 0 Å². The van der Waals surface area contributed by atoms with Gasteiger partial charge in [-0.3, -0.25) is 14.4 Å². The summed E-state index contributed by atoms with van der Waals surface area (Å²) in [6.45, 7) is 2.67. The molecule has 5 aromatic rings. The van der Waals surface area contributed by atoms with Crippen molar-refractivity contribution in [2.45, 2.75) is 20.1 Å². The highest BCUT2D eigenvalue weighted by Crippen LogP contribution is 2.32. The summed E-state index contributed by atoms with van der Waals surface area (Å²) in [6, 6.07) is 29.3. The van der Waals surface area contributed by atoms with Crippen LogP contribution in [0.4, 0.5) is 0 Å². The Bertz CT molecular complexity index is 1960. The predicted octanol–water partition coefficient (Wildman–Crippen LogP) is 7.26. The van der Waals surface area contributed by atoms with Crippen molar-refractivity contribution in [2.24, 2.45) is 0 Å². The molecule has 244 valence electrons. The van der Waals surface area contributed by atoms with Crippen molar-refractivity contribution in [2.75, 3.05) is 20.1 Å². The summed E-state index contributed by atoms with van der Waals surface area (Å²) in [6.07, 6.45) is 3.07. The normalized spacial score (nSPS) is 11.0. The second-order valence-electron chi connectivity index (χ2n) is 11.0. The number of hydrogen-bond donors (Lipinski definition) is 2. The smallest absolute Gasteiger partial charge is 0.255 e. The monoisotopic (exact) mass is 680 g/mol. The van der Waals surface area contributed by atoms with Crippen molar-refractivity contribution in [3.05, 3.63) is 147 Å². The topological polar surface area (TPSA) is 101 Å². The van der Waals surface area contributed by atoms with E-state index in [4.69, 9.17) is 27.9 Å². The molecule has 48 heavy (non-hydrogen) atoms. The van der Waals surface area contributed by atoms with Crippen molar-refractivity contribution in [1.82, 2.24) is 20.5 Å². The van der Waals surface area contributed by atoms with Crippen LogP contribution in [-0.2, 0) is 17.9 Å². The zero-order chi connectivity index (χ0) is 34.0. The number of carbonyl (C=O) groups excluding carboxylic acids is 3. The Morgan fingerprint density at radius 1 is 0.896 bits per heavy atom. The minimum Gasteiger partial charge on any atom is -0.487 e. The van der Waals surface area contributed by atoms with Gasteiger partial charge in [0.1, 0.15) is 17.9 Å². The highest BCUT2D eigenvalue weighted by molar-refractivity contribution is 6.38. The molecular weight excluding hydrogens is 647 g/mol. The highest BCUT2D eigenvalue weighted by Gasteiger charge is 2.22. The van der Waals surface area contributed by atoms with Gasteiger partial charge in [-0.15, -0.1) is 0 Å². The minimum atomic E-state index is -0.320. The second-order valence-corrected chi connectivity index (χ2v) is 11.8. The molecule has 0 atom stereocenters.